The minimum absolute atomic E-state index is 0.103. The third-order valence-corrected chi connectivity index (χ3v) is 2.84. The minimum Gasteiger partial charge on any atom is -0.469 e. The van der Waals surface area contributed by atoms with Crippen LogP contribution in [0.1, 0.15) is 17.4 Å². The lowest BCUT2D eigenvalue weighted by Gasteiger charge is -2.13. The second-order valence-electron chi connectivity index (χ2n) is 3.84. The van der Waals surface area contributed by atoms with Crippen LogP contribution < -0.4 is 5.32 Å². The molecule has 1 fully saturated rings. The first-order valence-electron chi connectivity index (χ1n) is 5.07. The van der Waals surface area contributed by atoms with Crippen LogP contribution >= 0.6 is 0 Å². The Labute approximate surface area is 88.6 Å². The van der Waals surface area contributed by atoms with Gasteiger partial charge in [0.05, 0.1) is 13.0 Å². The topological polar surface area (TPSA) is 51.5 Å². The highest BCUT2D eigenvalue weighted by atomic mass is 16.5. The van der Waals surface area contributed by atoms with Crippen molar-refractivity contribution in [3.05, 3.63) is 23.7 Å². The van der Waals surface area contributed by atoms with E-state index in [0.29, 0.717) is 6.54 Å². The lowest BCUT2D eigenvalue weighted by molar-refractivity contribution is -0.145. The number of nitrogens with one attached hydrogen (secondary N) is 1. The zero-order valence-electron chi connectivity index (χ0n) is 8.95. The molecular formula is C11H15NO3. The molecule has 4 heteroatoms. The van der Waals surface area contributed by atoms with Crippen molar-refractivity contribution < 1.29 is 13.9 Å². The zero-order chi connectivity index (χ0) is 10.8. The largest absolute Gasteiger partial charge is 0.469 e. The Morgan fingerprint density at radius 1 is 1.53 bits per heavy atom. The number of methoxy groups -OCH3 is 1. The van der Waals surface area contributed by atoms with E-state index in [-0.39, 0.29) is 17.8 Å². The average molecular weight is 209 g/mol. The van der Waals surface area contributed by atoms with Crippen LogP contribution in [-0.4, -0.2) is 26.2 Å². The molecule has 0 unspecified atom stereocenters. The van der Waals surface area contributed by atoms with Crippen molar-refractivity contribution in [1.29, 1.82) is 0 Å². The molecule has 1 aromatic rings. The predicted molar refractivity (Wildman–Crippen MR) is 54.6 cm³/mol. The Morgan fingerprint density at radius 2 is 2.33 bits per heavy atom. The molecule has 2 rings (SSSR count). The number of carbonyl (C=O) groups excluding carboxylic acids is 1. The molecule has 1 aromatic heterocycles. The number of ether oxygens (including phenoxy) is 1. The summed E-state index contributed by atoms with van der Waals surface area (Å²) in [5.74, 6) is 1.55. The number of hydrogen-bond donors (Lipinski definition) is 1. The lowest BCUT2D eigenvalue weighted by atomic mass is 9.94. The molecule has 0 amide bonds. The molecule has 0 aliphatic carbocycles. The van der Waals surface area contributed by atoms with Crippen molar-refractivity contribution in [2.45, 2.75) is 12.8 Å². The first-order chi connectivity index (χ1) is 7.22. The van der Waals surface area contributed by atoms with Gasteiger partial charge in [0.25, 0.3) is 0 Å². The van der Waals surface area contributed by atoms with Crippen molar-refractivity contribution in [3.8, 4) is 0 Å². The van der Waals surface area contributed by atoms with E-state index in [9.17, 15) is 4.79 Å². The molecule has 4 nitrogen and oxygen atoms in total. The summed E-state index contributed by atoms with van der Waals surface area (Å²) in [6, 6.07) is 3.85. The molecule has 1 saturated heterocycles. The van der Waals surface area contributed by atoms with Crippen LogP contribution in [0.25, 0.3) is 0 Å². The second-order valence-corrected chi connectivity index (χ2v) is 3.84. The second kappa shape index (κ2) is 4.06. The smallest absolute Gasteiger partial charge is 0.310 e. The van der Waals surface area contributed by atoms with Crippen molar-refractivity contribution in [3.63, 3.8) is 0 Å². The predicted octanol–water partition coefficient (Wildman–Crippen LogP) is 1.06. The van der Waals surface area contributed by atoms with Crippen molar-refractivity contribution in [1.82, 2.24) is 5.32 Å². The third kappa shape index (κ3) is 1.90. The van der Waals surface area contributed by atoms with Crippen molar-refractivity contribution in [2.75, 3.05) is 20.2 Å². The zero-order valence-corrected chi connectivity index (χ0v) is 8.95. The van der Waals surface area contributed by atoms with E-state index >= 15 is 0 Å². The third-order valence-electron chi connectivity index (χ3n) is 2.84. The molecule has 2 heterocycles. The number of esters is 1. The molecule has 1 N–H and O–H groups in total. The summed E-state index contributed by atoms with van der Waals surface area (Å²) >= 11 is 0. The van der Waals surface area contributed by atoms with E-state index in [1.165, 1.54) is 7.11 Å². The van der Waals surface area contributed by atoms with Gasteiger partial charge in [-0.05, 0) is 19.1 Å². The molecule has 1 aliphatic heterocycles. The van der Waals surface area contributed by atoms with E-state index in [1.807, 2.05) is 19.1 Å². The molecule has 2 atom stereocenters. The number of furan rings is 1. The van der Waals surface area contributed by atoms with Crippen LogP contribution in [0.4, 0.5) is 0 Å². The standard InChI is InChI=1S/C11H15NO3/c1-7-3-4-10(15-7)8-5-12-6-9(8)11(13)14-2/h3-4,8-9,12H,5-6H2,1-2H3/t8-,9+/m0/s1. The van der Waals surface area contributed by atoms with Crippen molar-refractivity contribution in [2.24, 2.45) is 5.92 Å². The van der Waals surface area contributed by atoms with Gasteiger partial charge in [-0.25, -0.2) is 0 Å². The highest BCUT2D eigenvalue weighted by Crippen LogP contribution is 2.30. The van der Waals surface area contributed by atoms with Crippen molar-refractivity contribution >= 4 is 5.97 Å². The Kier molecular flexibility index (Phi) is 2.77. The fraction of sp³-hybridized carbons (Fsp3) is 0.545. The van der Waals surface area contributed by atoms with Crippen LogP contribution in [0.3, 0.4) is 0 Å². The van der Waals surface area contributed by atoms with Gasteiger partial charge >= 0.3 is 5.97 Å². The fourth-order valence-electron chi connectivity index (χ4n) is 2.03. The normalized spacial score (nSPS) is 25.5. The molecule has 0 spiro atoms. The first-order valence-corrected chi connectivity index (χ1v) is 5.07. The highest BCUT2D eigenvalue weighted by molar-refractivity contribution is 5.74. The van der Waals surface area contributed by atoms with E-state index in [2.05, 4.69) is 5.32 Å². The number of hydrogen-bond acceptors (Lipinski definition) is 4. The van der Waals surface area contributed by atoms with Crippen LogP contribution in [0.15, 0.2) is 16.5 Å². The van der Waals surface area contributed by atoms with Gasteiger partial charge in [-0.2, -0.15) is 0 Å². The summed E-state index contributed by atoms with van der Waals surface area (Å²) in [5.41, 5.74) is 0. The van der Waals surface area contributed by atoms with Crippen LogP contribution in [0.5, 0.6) is 0 Å². The van der Waals surface area contributed by atoms with Gasteiger partial charge in [0.1, 0.15) is 11.5 Å². The molecular weight excluding hydrogens is 194 g/mol. The summed E-state index contributed by atoms with van der Waals surface area (Å²) in [4.78, 5) is 11.5. The Bertz CT molecular complexity index is 358. The monoisotopic (exact) mass is 209 g/mol. The van der Waals surface area contributed by atoms with E-state index in [1.54, 1.807) is 0 Å². The van der Waals surface area contributed by atoms with E-state index < -0.39 is 0 Å². The van der Waals surface area contributed by atoms with Gasteiger partial charge in [0, 0.05) is 19.0 Å². The SMILES string of the molecule is COC(=O)[C@@H]1CNC[C@@H]1c1ccc(C)o1. The van der Waals surface area contributed by atoms with Gasteiger partial charge in [-0.1, -0.05) is 0 Å². The first kappa shape index (κ1) is 10.2. The summed E-state index contributed by atoms with van der Waals surface area (Å²) < 4.78 is 10.3. The van der Waals surface area contributed by atoms with Gasteiger partial charge in [-0.15, -0.1) is 0 Å². The minimum atomic E-state index is -0.168. The van der Waals surface area contributed by atoms with E-state index in [4.69, 9.17) is 9.15 Å². The van der Waals surface area contributed by atoms with Crippen LogP contribution in [0.2, 0.25) is 0 Å². The summed E-state index contributed by atoms with van der Waals surface area (Å²) in [6.07, 6.45) is 0. The maximum atomic E-state index is 11.5. The van der Waals surface area contributed by atoms with Gasteiger partial charge < -0.3 is 14.5 Å². The van der Waals surface area contributed by atoms with Gasteiger partial charge in [0.2, 0.25) is 0 Å². The Morgan fingerprint density at radius 3 is 2.93 bits per heavy atom. The molecule has 0 bridgehead atoms. The number of aryl methyl sites for hydroxylation is 1. The van der Waals surface area contributed by atoms with Gasteiger partial charge in [-0.3, -0.25) is 4.79 Å². The lowest BCUT2D eigenvalue weighted by Crippen LogP contribution is -2.22. The number of carbonyl (C=O) groups is 1. The fourth-order valence-corrected chi connectivity index (χ4v) is 2.03. The van der Waals surface area contributed by atoms with Gasteiger partial charge in [0.15, 0.2) is 0 Å². The summed E-state index contributed by atoms with van der Waals surface area (Å²) in [7, 11) is 1.42. The molecule has 0 aromatic carbocycles. The summed E-state index contributed by atoms with van der Waals surface area (Å²) in [5, 5.41) is 3.18. The Hall–Kier alpha value is -1.29. The summed E-state index contributed by atoms with van der Waals surface area (Å²) in [6.45, 7) is 3.34. The highest BCUT2D eigenvalue weighted by Gasteiger charge is 2.36. The maximum absolute atomic E-state index is 11.5. The molecule has 1 aliphatic rings. The van der Waals surface area contributed by atoms with Crippen LogP contribution in [-0.2, 0) is 9.53 Å². The molecule has 82 valence electrons. The van der Waals surface area contributed by atoms with E-state index in [0.717, 1.165) is 18.1 Å². The molecule has 0 saturated carbocycles. The quantitative estimate of drug-likeness (QED) is 0.740. The Balaban J connectivity index is 2.18. The maximum Gasteiger partial charge on any atom is 0.310 e. The molecule has 15 heavy (non-hydrogen) atoms. The number of rotatable bonds is 2. The average Bonchev–Trinajstić information content (AvgIpc) is 2.84. The molecule has 0 radical (unpaired) electrons. The van der Waals surface area contributed by atoms with Crippen LogP contribution in [0, 0.1) is 12.8 Å².